The lowest BCUT2D eigenvalue weighted by molar-refractivity contribution is -0.122. The Hall–Kier alpha value is -1.79. The molecule has 1 saturated heterocycles. The first-order valence-electron chi connectivity index (χ1n) is 7.61. The number of nitrogens with zero attached hydrogens (tertiary/aromatic N) is 1. The lowest BCUT2D eigenvalue weighted by Crippen LogP contribution is -2.28. The molecular weight excluding hydrogens is 390 g/mol. The summed E-state index contributed by atoms with van der Waals surface area (Å²) in [7, 11) is 0. The molecule has 4 nitrogen and oxygen atoms in total. The first-order chi connectivity index (χ1) is 11.5. The van der Waals surface area contributed by atoms with Gasteiger partial charge in [-0.1, -0.05) is 28.9 Å². The van der Waals surface area contributed by atoms with E-state index in [2.05, 4.69) is 15.9 Å². The number of carbonyl (C=O) groups excluding carboxylic acids is 2. The van der Waals surface area contributed by atoms with Crippen LogP contribution in [0.2, 0.25) is 0 Å². The molecule has 0 bridgehead atoms. The first-order valence-corrected chi connectivity index (χ1v) is 9.22. The summed E-state index contributed by atoms with van der Waals surface area (Å²) in [4.78, 5) is 25.8. The zero-order chi connectivity index (χ0) is 17.3. The molecule has 124 valence electrons. The fourth-order valence-electron chi connectivity index (χ4n) is 2.43. The minimum absolute atomic E-state index is 0.219. The standard InChI is InChI=1S/C18H16BrNO3S/c1-3-8-20-17(21)16(24-18(20)22)10-13-5-7-15(23-13)12-4-6-14(19)11(2)9-12/h4-7,9-10H,3,8H2,1-2H3/b16-10-. The molecule has 0 unspecified atom stereocenters. The normalized spacial score (nSPS) is 16.5. The number of halogens is 1. The Morgan fingerprint density at radius 2 is 2.04 bits per heavy atom. The predicted octanol–water partition coefficient (Wildman–Crippen LogP) is 5.46. The van der Waals surface area contributed by atoms with E-state index in [0.717, 1.165) is 39.5 Å². The summed E-state index contributed by atoms with van der Waals surface area (Å²) in [5, 5.41) is -0.219. The van der Waals surface area contributed by atoms with Crippen LogP contribution in [0.25, 0.3) is 17.4 Å². The highest BCUT2D eigenvalue weighted by Gasteiger charge is 2.34. The Morgan fingerprint density at radius 1 is 1.25 bits per heavy atom. The quantitative estimate of drug-likeness (QED) is 0.633. The van der Waals surface area contributed by atoms with E-state index < -0.39 is 0 Å². The number of hydrogen-bond acceptors (Lipinski definition) is 4. The van der Waals surface area contributed by atoms with Crippen LogP contribution in [0.5, 0.6) is 0 Å². The molecule has 2 amide bonds. The van der Waals surface area contributed by atoms with Gasteiger partial charge >= 0.3 is 0 Å². The number of furan rings is 1. The molecule has 2 heterocycles. The van der Waals surface area contributed by atoms with Gasteiger partial charge in [-0.3, -0.25) is 14.5 Å². The molecule has 0 radical (unpaired) electrons. The monoisotopic (exact) mass is 405 g/mol. The number of imide groups is 1. The van der Waals surface area contributed by atoms with Crippen LogP contribution in [0, 0.1) is 6.92 Å². The highest BCUT2D eigenvalue weighted by Crippen LogP contribution is 2.33. The minimum atomic E-state index is -0.246. The van der Waals surface area contributed by atoms with Crippen LogP contribution < -0.4 is 0 Å². The molecule has 0 atom stereocenters. The van der Waals surface area contributed by atoms with E-state index >= 15 is 0 Å². The first kappa shape index (κ1) is 17.0. The van der Waals surface area contributed by atoms with Gasteiger partial charge in [-0.15, -0.1) is 0 Å². The number of rotatable bonds is 4. The van der Waals surface area contributed by atoms with E-state index in [-0.39, 0.29) is 11.1 Å². The van der Waals surface area contributed by atoms with Gasteiger partial charge in [-0.25, -0.2) is 0 Å². The maximum absolute atomic E-state index is 12.2. The fourth-order valence-corrected chi connectivity index (χ4v) is 3.52. The Bertz CT molecular complexity index is 841. The van der Waals surface area contributed by atoms with E-state index in [1.807, 2.05) is 38.1 Å². The van der Waals surface area contributed by atoms with Crippen molar-refractivity contribution in [3.05, 3.63) is 51.0 Å². The summed E-state index contributed by atoms with van der Waals surface area (Å²) < 4.78 is 6.86. The minimum Gasteiger partial charge on any atom is -0.457 e. The molecule has 1 aliphatic heterocycles. The third-order valence-corrected chi connectivity index (χ3v) is 5.46. The van der Waals surface area contributed by atoms with Gasteiger partial charge in [-0.05, 0) is 54.9 Å². The van der Waals surface area contributed by atoms with E-state index in [9.17, 15) is 9.59 Å². The molecule has 0 aliphatic carbocycles. The molecule has 24 heavy (non-hydrogen) atoms. The zero-order valence-electron chi connectivity index (χ0n) is 13.3. The van der Waals surface area contributed by atoms with Crippen molar-refractivity contribution in [2.24, 2.45) is 0 Å². The number of benzene rings is 1. The van der Waals surface area contributed by atoms with Gasteiger partial charge in [0, 0.05) is 22.7 Å². The largest absolute Gasteiger partial charge is 0.457 e. The molecule has 0 saturated carbocycles. The molecule has 1 aromatic heterocycles. The molecule has 1 aromatic carbocycles. The molecule has 2 aromatic rings. The van der Waals surface area contributed by atoms with Crippen molar-refractivity contribution < 1.29 is 14.0 Å². The third-order valence-electron chi connectivity index (χ3n) is 3.66. The number of carbonyl (C=O) groups is 2. The summed E-state index contributed by atoms with van der Waals surface area (Å²) in [6, 6.07) is 9.64. The highest BCUT2D eigenvalue weighted by molar-refractivity contribution is 9.10. The summed E-state index contributed by atoms with van der Waals surface area (Å²) in [5.41, 5.74) is 2.08. The van der Waals surface area contributed by atoms with E-state index in [1.165, 1.54) is 4.90 Å². The Kier molecular flexibility index (Phi) is 4.96. The summed E-state index contributed by atoms with van der Waals surface area (Å²) in [6.07, 6.45) is 2.38. The SMILES string of the molecule is CCCN1C(=O)S/C(=C\c2ccc(-c3ccc(Br)c(C)c3)o2)C1=O. The highest BCUT2D eigenvalue weighted by atomic mass is 79.9. The lowest BCUT2D eigenvalue weighted by atomic mass is 10.1. The average Bonchev–Trinajstić information content (AvgIpc) is 3.11. The molecule has 0 spiro atoms. The Labute approximate surface area is 153 Å². The second-order valence-corrected chi connectivity index (χ2v) is 7.35. The topological polar surface area (TPSA) is 50.5 Å². The molecular formula is C18H16BrNO3S. The van der Waals surface area contributed by atoms with Gasteiger partial charge < -0.3 is 4.42 Å². The summed E-state index contributed by atoms with van der Waals surface area (Å²) in [6.45, 7) is 4.40. The van der Waals surface area contributed by atoms with Crippen LogP contribution in [0.15, 0.2) is 44.1 Å². The number of aryl methyl sites for hydroxylation is 1. The number of hydrogen-bond donors (Lipinski definition) is 0. The van der Waals surface area contributed by atoms with Crippen molar-refractivity contribution in [3.8, 4) is 11.3 Å². The average molecular weight is 406 g/mol. The van der Waals surface area contributed by atoms with Crippen LogP contribution >= 0.6 is 27.7 Å². The van der Waals surface area contributed by atoms with Crippen LogP contribution in [0.4, 0.5) is 4.79 Å². The van der Waals surface area contributed by atoms with Crippen LogP contribution in [0.3, 0.4) is 0 Å². The second-order valence-electron chi connectivity index (χ2n) is 5.50. The van der Waals surface area contributed by atoms with Gasteiger partial charge in [0.15, 0.2) is 0 Å². The van der Waals surface area contributed by atoms with E-state index in [1.54, 1.807) is 12.1 Å². The van der Waals surface area contributed by atoms with Gasteiger partial charge in [0.25, 0.3) is 11.1 Å². The van der Waals surface area contributed by atoms with Crippen molar-refractivity contribution in [3.63, 3.8) is 0 Å². The number of thioether (sulfide) groups is 1. The van der Waals surface area contributed by atoms with Crippen molar-refractivity contribution in [2.45, 2.75) is 20.3 Å². The third kappa shape index (κ3) is 3.35. The summed E-state index contributed by atoms with van der Waals surface area (Å²) >= 11 is 4.44. The number of amides is 2. The molecule has 1 aliphatic rings. The summed E-state index contributed by atoms with van der Waals surface area (Å²) in [5.74, 6) is 1.04. The van der Waals surface area contributed by atoms with E-state index in [0.29, 0.717) is 17.2 Å². The molecule has 6 heteroatoms. The van der Waals surface area contributed by atoms with Crippen molar-refractivity contribution in [2.75, 3.05) is 6.54 Å². The second kappa shape index (κ2) is 6.99. The van der Waals surface area contributed by atoms with E-state index in [4.69, 9.17) is 4.42 Å². The van der Waals surface area contributed by atoms with Crippen LogP contribution in [0.1, 0.15) is 24.7 Å². The van der Waals surface area contributed by atoms with Gasteiger partial charge in [0.05, 0.1) is 4.91 Å². The molecule has 1 fully saturated rings. The lowest BCUT2D eigenvalue weighted by Gasteiger charge is -2.09. The molecule has 3 rings (SSSR count). The molecule has 0 N–H and O–H groups in total. The maximum atomic E-state index is 12.2. The Balaban J connectivity index is 1.85. The zero-order valence-corrected chi connectivity index (χ0v) is 15.7. The predicted molar refractivity (Wildman–Crippen MR) is 99.5 cm³/mol. The maximum Gasteiger partial charge on any atom is 0.293 e. The van der Waals surface area contributed by atoms with Crippen molar-refractivity contribution in [1.29, 1.82) is 0 Å². The van der Waals surface area contributed by atoms with Gasteiger partial charge in [-0.2, -0.15) is 0 Å². The Morgan fingerprint density at radius 3 is 2.75 bits per heavy atom. The van der Waals surface area contributed by atoms with Gasteiger partial charge in [0.2, 0.25) is 0 Å². The van der Waals surface area contributed by atoms with Crippen molar-refractivity contribution in [1.82, 2.24) is 4.90 Å². The van der Waals surface area contributed by atoms with Crippen molar-refractivity contribution >= 4 is 44.9 Å². The fraction of sp³-hybridized carbons (Fsp3) is 0.222. The smallest absolute Gasteiger partial charge is 0.293 e. The van der Waals surface area contributed by atoms with Gasteiger partial charge in [0.1, 0.15) is 11.5 Å². The van der Waals surface area contributed by atoms with Crippen LogP contribution in [-0.2, 0) is 4.79 Å². The van der Waals surface area contributed by atoms with Crippen LogP contribution in [-0.4, -0.2) is 22.6 Å².